The molecule has 0 radical (unpaired) electrons. The highest BCUT2D eigenvalue weighted by Crippen LogP contribution is 2.24. The Morgan fingerprint density at radius 3 is 2.41 bits per heavy atom. The van der Waals surface area contributed by atoms with E-state index in [1.807, 2.05) is 42.5 Å². The average molecular weight is 384 g/mol. The Morgan fingerprint density at radius 1 is 0.963 bits per heavy atom. The standard InChI is InChI=1S/C20H20N2O4S/c1-15(23)22-17-9-11-18(12-10-17)27(24,25)21-13-14-26-20-8-4-6-16-5-2-3-7-19(16)20/h2-12,21H,13-14H2,1H3,(H,22,23). The SMILES string of the molecule is CC(=O)Nc1ccc(S(=O)(=O)NCCOc2cccc3ccccc23)cc1. The number of nitrogens with one attached hydrogen (secondary N) is 2. The van der Waals surface area contributed by atoms with Gasteiger partial charge in [-0.3, -0.25) is 4.79 Å². The smallest absolute Gasteiger partial charge is 0.240 e. The van der Waals surface area contributed by atoms with E-state index in [9.17, 15) is 13.2 Å². The zero-order valence-electron chi connectivity index (χ0n) is 14.8. The summed E-state index contributed by atoms with van der Waals surface area (Å²) in [6.45, 7) is 1.73. The van der Waals surface area contributed by atoms with Crippen molar-refractivity contribution in [1.82, 2.24) is 4.72 Å². The zero-order valence-corrected chi connectivity index (χ0v) is 15.6. The molecule has 0 fully saturated rings. The van der Waals surface area contributed by atoms with E-state index < -0.39 is 10.0 Å². The van der Waals surface area contributed by atoms with Gasteiger partial charge in [0.15, 0.2) is 0 Å². The molecule has 0 spiro atoms. The number of rotatable bonds is 7. The van der Waals surface area contributed by atoms with Crippen LogP contribution in [-0.4, -0.2) is 27.5 Å². The highest BCUT2D eigenvalue weighted by atomic mass is 32.2. The molecule has 0 atom stereocenters. The molecule has 0 saturated heterocycles. The first kappa shape index (κ1) is 18.9. The number of hydrogen-bond donors (Lipinski definition) is 2. The summed E-state index contributed by atoms with van der Waals surface area (Å²) in [5, 5.41) is 4.64. The summed E-state index contributed by atoms with van der Waals surface area (Å²) in [6.07, 6.45) is 0. The van der Waals surface area contributed by atoms with Gasteiger partial charge >= 0.3 is 0 Å². The molecule has 3 rings (SSSR count). The quantitative estimate of drug-likeness (QED) is 0.613. The molecule has 2 N–H and O–H groups in total. The fourth-order valence-electron chi connectivity index (χ4n) is 2.66. The topological polar surface area (TPSA) is 84.5 Å². The Balaban J connectivity index is 1.58. The lowest BCUT2D eigenvalue weighted by Gasteiger charge is -2.11. The van der Waals surface area contributed by atoms with Crippen LogP contribution in [0, 0.1) is 0 Å². The molecule has 140 valence electrons. The number of hydrogen-bond acceptors (Lipinski definition) is 4. The maximum atomic E-state index is 12.3. The number of amides is 1. The van der Waals surface area contributed by atoms with Gasteiger partial charge in [-0.15, -0.1) is 0 Å². The van der Waals surface area contributed by atoms with Gasteiger partial charge in [0, 0.05) is 24.5 Å². The molecule has 1 amide bonds. The van der Waals surface area contributed by atoms with Crippen molar-refractivity contribution in [2.75, 3.05) is 18.5 Å². The van der Waals surface area contributed by atoms with Crippen molar-refractivity contribution in [3.8, 4) is 5.75 Å². The van der Waals surface area contributed by atoms with Crippen molar-refractivity contribution in [3.63, 3.8) is 0 Å². The van der Waals surface area contributed by atoms with E-state index in [-0.39, 0.29) is 24.0 Å². The molecular weight excluding hydrogens is 364 g/mol. The molecular formula is C20H20N2O4S. The molecule has 0 aliphatic carbocycles. The second-order valence-electron chi connectivity index (χ2n) is 5.93. The maximum Gasteiger partial charge on any atom is 0.240 e. The first-order chi connectivity index (χ1) is 13.0. The third-order valence-electron chi connectivity index (χ3n) is 3.89. The van der Waals surface area contributed by atoms with Crippen molar-refractivity contribution < 1.29 is 17.9 Å². The van der Waals surface area contributed by atoms with Gasteiger partial charge in [-0.1, -0.05) is 36.4 Å². The summed E-state index contributed by atoms with van der Waals surface area (Å²) >= 11 is 0. The van der Waals surface area contributed by atoms with Crippen molar-refractivity contribution in [2.24, 2.45) is 0 Å². The van der Waals surface area contributed by atoms with Crippen LogP contribution >= 0.6 is 0 Å². The van der Waals surface area contributed by atoms with Gasteiger partial charge in [0.2, 0.25) is 15.9 Å². The minimum atomic E-state index is -3.65. The molecule has 0 aliphatic heterocycles. The van der Waals surface area contributed by atoms with Crippen LogP contribution in [0.4, 0.5) is 5.69 Å². The van der Waals surface area contributed by atoms with Crippen LogP contribution in [-0.2, 0) is 14.8 Å². The third-order valence-corrected chi connectivity index (χ3v) is 5.36. The normalized spacial score (nSPS) is 11.3. The van der Waals surface area contributed by atoms with Crippen molar-refractivity contribution in [3.05, 3.63) is 66.7 Å². The van der Waals surface area contributed by atoms with Gasteiger partial charge in [-0.2, -0.15) is 0 Å². The molecule has 0 aliphatic rings. The second-order valence-corrected chi connectivity index (χ2v) is 7.70. The van der Waals surface area contributed by atoms with Crippen LogP contribution in [0.2, 0.25) is 0 Å². The summed E-state index contributed by atoms with van der Waals surface area (Å²) in [5.41, 5.74) is 0.542. The van der Waals surface area contributed by atoms with Gasteiger partial charge in [-0.05, 0) is 35.7 Å². The molecule has 0 saturated carbocycles. The van der Waals surface area contributed by atoms with Crippen LogP contribution in [0.5, 0.6) is 5.75 Å². The van der Waals surface area contributed by atoms with E-state index in [1.165, 1.54) is 19.1 Å². The summed E-state index contributed by atoms with van der Waals surface area (Å²) in [6, 6.07) is 19.6. The highest BCUT2D eigenvalue weighted by Gasteiger charge is 2.13. The maximum absolute atomic E-state index is 12.3. The van der Waals surface area contributed by atoms with Gasteiger partial charge in [0.05, 0.1) is 4.90 Å². The molecule has 0 bridgehead atoms. The number of sulfonamides is 1. The van der Waals surface area contributed by atoms with Gasteiger partial charge in [0.1, 0.15) is 12.4 Å². The molecule has 0 unspecified atom stereocenters. The van der Waals surface area contributed by atoms with E-state index >= 15 is 0 Å². The Labute approximate surface area is 158 Å². The van der Waals surface area contributed by atoms with Gasteiger partial charge in [0.25, 0.3) is 0 Å². The highest BCUT2D eigenvalue weighted by molar-refractivity contribution is 7.89. The lowest BCUT2D eigenvalue weighted by atomic mass is 10.1. The Morgan fingerprint density at radius 2 is 1.67 bits per heavy atom. The minimum Gasteiger partial charge on any atom is -0.492 e. The van der Waals surface area contributed by atoms with Crippen LogP contribution in [0.3, 0.4) is 0 Å². The van der Waals surface area contributed by atoms with E-state index in [1.54, 1.807) is 12.1 Å². The predicted octanol–water partition coefficient (Wildman–Crippen LogP) is 3.16. The summed E-state index contributed by atoms with van der Waals surface area (Å²) in [7, 11) is -3.65. The molecule has 6 nitrogen and oxygen atoms in total. The third kappa shape index (κ3) is 4.84. The van der Waals surface area contributed by atoms with E-state index in [0.717, 1.165) is 10.8 Å². The summed E-state index contributed by atoms with van der Waals surface area (Å²) in [5.74, 6) is 0.501. The minimum absolute atomic E-state index is 0.127. The van der Waals surface area contributed by atoms with Gasteiger partial charge < -0.3 is 10.1 Å². The molecule has 3 aromatic rings. The first-order valence-electron chi connectivity index (χ1n) is 8.43. The lowest BCUT2D eigenvalue weighted by molar-refractivity contribution is -0.114. The summed E-state index contributed by atoms with van der Waals surface area (Å²) in [4.78, 5) is 11.1. The second kappa shape index (κ2) is 8.20. The van der Waals surface area contributed by atoms with Crippen LogP contribution < -0.4 is 14.8 Å². The van der Waals surface area contributed by atoms with E-state index in [0.29, 0.717) is 11.4 Å². The van der Waals surface area contributed by atoms with E-state index in [4.69, 9.17) is 4.74 Å². The molecule has 3 aromatic carbocycles. The van der Waals surface area contributed by atoms with Gasteiger partial charge in [-0.25, -0.2) is 13.1 Å². The lowest BCUT2D eigenvalue weighted by Crippen LogP contribution is -2.28. The largest absolute Gasteiger partial charge is 0.492 e. The predicted molar refractivity (Wildman–Crippen MR) is 105 cm³/mol. The number of carbonyl (C=O) groups is 1. The van der Waals surface area contributed by atoms with Crippen molar-refractivity contribution >= 4 is 32.4 Å². The number of carbonyl (C=O) groups excluding carboxylic acids is 1. The number of ether oxygens (including phenoxy) is 1. The number of fused-ring (bicyclic) bond motifs is 1. The Bertz CT molecular complexity index is 1040. The fraction of sp³-hybridized carbons (Fsp3) is 0.150. The Hall–Kier alpha value is -2.90. The fourth-order valence-corrected chi connectivity index (χ4v) is 3.68. The zero-order chi connectivity index (χ0) is 19.3. The molecule has 0 heterocycles. The van der Waals surface area contributed by atoms with Crippen molar-refractivity contribution in [2.45, 2.75) is 11.8 Å². The molecule has 0 aromatic heterocycles. The Kier molecular flexibility index (Phi) is 5.73. The molecule has 7 heteroatoms. The first-order valence-corrected chi connectivity index (χ1v) is 9.92. The monoisotopic (exact) mass is 384 g/mol. The van der Waals surface area contributed by atoms with Crippen molar-refractivity contribution in [1.29, 1.82) is 0 Å². The summed E-state index contributed by atoms with van der Waals surface area (Å²) < 4.78 is 32.9. The average Bonchev–Trinajstić information content (AvgIpc) is 2.65. The number of anilines is 1. The van der Waals surface area contributed by atoms with E-state index in [2.05, 4.69) is 10.0 Å². The number of benzene rings is 3. The molecule has 27 heavy (non-hydrogen) atoms. The van der Waals surface area contributed by atoms with Crippen LogP contribution in [0.25, 0.3) is 10.8 Å². The van der Waals surface area contributed by atoms with Crippen LogP contribution in [0.1, 0.15) is 6.92 Å². The van der Waals surface area contributed by atoms with Crippen LogP contribution in [0.15, 0.2) is 71.6 Å².